The number of halogens is 1. The molecule has 0 atom stereocenters. The quantitative estimate of drug-likeness (QED) is 0.186. The monoisotopic (exact) mass is 471 g/mol. The summed E-state index contributed by atoms with van der Waals surface area (Å²) in [5.74, 6) is 0.631. The summed E-state index contributed by atoms with van der Waals surface area (Å²) in [6, 6.07) is 0. The fourth-order valence-corrected chi connectivity index (χ4v) is 1.55. The van der Waals surface area contributed by atoms with Gasteiger partial charge in [-0.25, -0.2) is 4.79 Å². The average Bonchev–Trinajstić information content (AvgIpc) is 2.45. The highest BCUT2D eigenvalue weighted by Gasteiger charge is 2.15. The molecule has 0 aliphatic rings. The van der Waals surface area contributed by atoms with Crippen LogP contribution < -0.4 is 21.3 Å². The molecule has 25 heavy (non-hydrogen) atoms. The molecule has 0 heterocycles. The molecule has 2 amide bonds. The molecule has 0 aliphatic heterocycles. The van der Waals surface area contributed by atoms with Crippen molar-refractivity contribution in [2.75, 3.05) is 32.7 Å². The van der Waals surface area contributed by atoms with Crippen LogP contribution in [0.25, 0.3) is 0 Å². The molecular formula is C16H34IN5O3. The fourth-order valence-electron chi connectivity index (χ4n) is 1.55. The van der Waals surface area contributed by atoms with E-state index in [4.69, 9.17) is 4.74 Å². The lowest BCUT2D eigenvalue weighted by atomic mass is 10.2. The van der Waals surface area contributed by atoms with Crippen molar-refractivity contribution in [3.8, 4) is 0 Å². The molecule has 148 valence electrons. The minimum absolute atomic E-state index is 0. The lowest BCUT2D eigenvalue weighted by Crippen LogP contribution is -2.42. The van der Waals surface area contributed by atoms with Gasteiger partial charge >= 0.3 is 6.09 Å². The number of nitrogens with zero attached hydrogens (tertiary/aromatic N) is 1. The first kappa shape index (κ1) is 26.0. The van der Waals surface area contributed by atoms with Crippen LogP contribution in [-0.4, -0.2) is 56.3 Å². The number of ether oxygens (including phenoxy) is 1. The van der Waals surface area contributed by atoms with Crippen LogP contribution in [0.1, 0.15) is 41.5 Å². The maximum atomic E-state index is 11.5. The second-order valence-corrected chi connectivity index (χ2v) is 6.56. The maximum absolute atomic E-state index is 11.5. The molecule has 0 fully saturated rings. The molecule has 4 N–H and O–H groups in total. The lowest BCUT2D eigenvalue weighted by Gasteiger charge is -2.19. The summed E-state index contributed by atoms with van der Waals surface area (Å²) in [4.78, 5) is 27.3. The third kappa shape index (κ3) is 16.0. The van der Waals surface area contributed by atoms with Crippen LogP contribution in [0.4, 0.5) is 4.79 Å². The maximum Gasteiger partial charge on any atom is 0.407 e. The van der Waals surface area contributed by atoms with E-state index >= 15 is 0 Å². The van der Waals surface area contributed by atoms with E-state index < -0.39 is 11.7 Å². The van der Waals surface area contributed by atoms with Crippen LogP contribution in [0.3, 0.4) is 0 Å². The Morgan fingerprint density at radius 2 is 1.60 bits per heavy atom. The Morgan fingerprint density at radius 3 is 2.12 bits per heavy atom. The van der Waals surface area contributed by atoms with Crippen molar-refractivity contribution >= 4 is 41.9 Å². The van der Waals surface area contributed by atoms with Gasteiger partial charge in [-0.15, -0.1) is 24.0 Å². The summed E-state index contributed by atoms with van der Waals surface area (Å²) in [5.41, 5.74) is -0.506. The first-order chi connectivity index (χ1) is 11.2. The number of hydrogen-bond acceptors (Lipinski definition) is 4. The standard InChI is InChI=1S/C16H33N5O3.HI/c1-7-17-14(19-9-8-18-13(22)12(2)3)20-10-11-21-15(23)24-16(4,5)6;/h12H,7-11H2,1-6H3,(H,18,22)(H,21,23)(H2,17,19,20);1H. The lowest BCUT2D eigenvalue weighted by molar-refractivity contribution is -0.123. The smallest absolute Gasteiger partial charge is 0.407 e. The summed E-state index contributed by atoms with van der Waals surface area (Å²) in [6.07, 6.45) is -0.442. The Hall–Kier alpha value is -1.26. The third-order valence-corrected chi connectivity index (χ3v) is 2.64. The van der Waals surface area contributed by atoms with Crippen LogP contribution >= 0.6 is 24.0 Å². The topological polar surface area (TPSA) is 104 Å². The molecule has 0 aromatic carbocycles. The Balaban J connectivity index is 0. The summed E-state index contributed by atoms with van der Waals surface area (Å²) in [6.45, 7) is 13.8. The molecule has 0 aromatic heterocycles. The molecule has 0 saturated heterocycles. The van der Waals surface area contributed by atoms with Crippen LogP contribution in [-0.2, 0) is 9.53 Å². The zero-order valence-corrected chi connectivity index (χ0v) is 18.5. The molecule has 0 aromatic rings. The SMILES string of the molecule is CCNC(=NCCNC(=O)C(C)C)NCCNC(=O)OC(C)(C)C.I. The number of aliphatic imine (C=N–C) groups is 1. The molecule has 0 unspecified atom stereocenters. The number of carbonyl (C=O) groups excluding carboxylic acids is 2. The van der Waals surface area contributed by atoms with E-state index in [1.54, 1.807) is 0 Å². The van der Waals surface area contributed by atoms with Gasteiger partial charge in [0, 0.05) is 32.1 Å². The van der Waals surface area contributed by atoms with Gasteiger partial charge in [-0.1, -0.05) is 13.8 Å². The summed E-state index contributed by atoms with van der Waals surface area (Å²) >= 11 is 0. The number of guanidine groups is 1. The highest BCUT2D eigenvalue weighted by Crippen LogP contribution is 2.05. The number of rotatable bonds is 8. The predicted molar refractivity (Wildman–Crippen MR) is 111 cm³/mol. The van der Waals surface area contributed by atoms with Crippen LogP contribution in [0.5, 0.6) is 0 Å². The number of hydrogen-bond donors (Lipinski definition) is 4. The number of amides is 2. The van der Waals surface area contributed by atoms with E-state index in [0.29, 0.717) is 32.1 Å². The molecule has 0 bridgehead atoms. The van der Waals surface area contributed by atoms with Gasteiger partial charge in [0.05, 0.1) is 6.54 Å². The summed E-state index contributed by atoms with van der Waals surface area (Å²) in [7, 11) is 0. The van der Waals surface area contributed by atoms with E-state index in [-0.39, 0.29) is 35.8 Å². The number of carbonyl (C=O) groups is 2. The molecule has 9 heteroatoms. The Bertz CT molecular complexity index is 422. The molecule has 0 radical (unpaired) electrons. The van der Waals surface area contributed by atoms with Crippen LogP contribution in [0, 0.1) is 5.92 Å². The van der Waals surface area contributed by atoms with Gasteiger partial charge in [-0.05, 0) is 27.7 Å². The largest absolute Gasteiger partial charge is 0.444 e. The minimum Gasteiger partial charge on any atom is -0.444 e. The molecule has 0 saturated carbocycles. The Kier molecular flexibility index (Phi) is 14.5. The molecule has 0 aliphatic carbocycles. The van der Waals surface area contributed by atoms with Crippen molar-refractivity contribution in [3.05, 3.63) is 0 Å². The van der Waals surface area contributed by atoms with Crippen molar-refractivity contribution in [2.24, 2.45) is 10.9 Å². The number of alkyl carbamates (subject to hydrolysis) is 1. The fraction of sp³-hybridized carbons (Fsp3) is 0.812. The van der Waals surface area contributed by atoms with Crippen molar-refractivity contribution in [1.29, 1.82) is 0 Å². The summed E-state index contributed by atoms with van der Waals surface area (Å²) < 4.78 is 5.15. The van der Waals surface area contributed by atoms with Gasteiger partial charge in [0.15, 0.2) is 5.96 Å². The highest BCUT2D eigenvalue weighted by atomic mass is 127. The normalized spacial score (nSPS) is 11.4. The first-order valence-corrected chi connectivity index (χ1v) is 8.42. The van der Waals surface area contributed by atoms with Crippen molar-refractivity contribution in [1.82, 2.24) is 21.3 Å². The van der Waals surface area contributed by atoms with E-state index in [1.807, 2.05) is 41.5 Å². The van der Waals surface area contributed by atoms with E-state index in [2.05, 4.69) is 26.3 Å². The third-order valence-electron chi connectivity index (χ3n) is 2.64. The van der Waals surface area contributed by atoms with Crippen molar-refractivity contribution < 1.29 is 14.3 Å². The second-order valence-electron chi connectivity index (χ2n) is 6.56. The van der Waals surface area contributed by atoms with Gasteiger partial charge in [-0.2, -0.15) is 0 Å². The zero-order valence-electron chi connectivity index (χ0n) is 16.2. The van der Waals surface area contributed by atoms with E-state index in [1.165, 1.54) is 0 Å². The van der Waals surface area contributed by atoms with E-state index in [9.17, 15) is 9.59 Å². The average molecular weight is 471 g/mol. The first-order valence-electron chi connectivity index (χ1n) is 8.42. The van der Waals surface area contributed by atoms with Crippen molar-refractivity contribution in [3.63, 3.8) is 0 Å². The Morgan fingerprint density at radius 1 is 1.00 bits per heavy atom. The van der Waals surface area contributed by atoms with Gasteiger partial charge in [0.25, 0.3) is 0 Å². The molecule has 0 spiro atoms. The van der Waals surface area contributed by atoms with Gasteiger partial charge in [0.2, 0.25) is 5.91 Å². The molecular weight excluding hydrogens is 437 g/mol. The van der Waals surface area contributed by atoms with Gasteiger partial charge < -0.3 is 26.0 Å². The number of nitrogens with one attached hydrogen (secondary N) is 4. The molecule has 0 rings (SSSR count). The Labute approximate surface area is 168 Å². The minimum atomic E-state index is -0.506. The van der Waals surface area contributed by atoms with Crippen LogP contribution in [0.2, 0.25) is 0 Å². The molecule has 8 nitrogen and oxygen atoms in total. The zero-order chi connectivity index (χ0) is 18.6. The van der Waals surface area contributed by atoms with Crippen LogP contribution in [0.15, 0.2) is 4.99 Å². The predicted octanol–water partition coefficient (Wildman–Crippen LogP) is 1.46. The second kappa shape index (κ2) is 14.0. The van der Waals surface area contributed by atoms with Crippen molar-refractivity contribution in [2.45, 2.75) is 47.1 Å². The highest BCUT2D eigenvalue weighted by molar-refractivity contribution is 14.0. The van der Waals surface area contributed by atoms with Gasteiger partial charge in [-0.3, -0.25) is 9.79 Å². The van der Waals surface area contributed by atoms with E-state index in [0.717, 1.165) is 6.54 Å². The van der Waals surface area contributed by atoms with Gasteiger partial charge in [0.1, 0.15) is 5.60 Å². The summed E-state index contributed by atoms with van der Waals surface area (Å²) in [5, 5.41) is 11.7.